The Morgan fingerprint density at radius 2 is 1.44 bits per heavy atom. The van der Waals surface area contributed by atoms with E-state index < -0.39 is 0 Å². The van der Waals surface area contributed by atoms with Gasteiger partial charge in [0.2, 0.25) is 5.91 Å². The van der Waals surface area contributed by atoms with Crippen LogP contribution in [0.15, 0.2) is 0 Å². The minimum Gasteiger partial charge on any atom is -0.340 e. The fraction of sp³-hybridized carbons (Fsp3) is 0.846. The van der Waals surface area contributed by atoms with Gasteiger partial charge < -0.3 is 4.90 Å². The summed E-state index contributed by atoms with van der Waals surface area (Å²) >= 11 is 0. The first kappa shape index (κ1) is 15.1. The highest BCUT2D eigenvalue weighted by Gasteiger charge is 2.46. The summed E-state index contributed by atoms with van der Waals surface area (Å²) in [6.07, 6.45) is 0. The summed E-state index contributed by atoms with van der Waals surface area (Å²) in [5.74, 6) is 0.105. The van der Waals surface area contributed by atoms with Crippen LogP contribution in [-0.4, -0.2) is 29.2 Å². The van der Waals surface area contributed by atoms with Gasteiger partial charge in [0.15, 0.2) is 0 Å². The molecular formula is C13H25NO2. The molecule has 0 aliphatic carbocycles. The predicted octanol–water partition coefficient (Wildman–Crippen LogP) is 2.49. The van der Waals surface area contributed by atoms with Crippen molar-refractivity contribution >= 4 is 11.7 Å². The Bertz CT molecular complexity index is 262. The van der Waals surface area contributed by atoms with E-state index in [1.807, 2.05) is 34.6 Å². The first-order chi connectivity index (χ1) is 6.96. The van der Waals surface area contributed by atoms with Crippen molar-refractivity contribution in [1.29, 1.82) is 0 Å². The van der Waals surface area contributed by atoms with E-state index in [1.165, 1.54) is 0 Å². The van der Waals surface area contributed by atoms with Crippen LogP contribution in [0.4, 0.5) is 0 Å². The Morgan fingerprint density at radius 1 is 1.06 bits per heavy atom. The van der Waals surface area contributed by atoms with Crippen LogP contribution >= 0.6 is 0 Å². The molecule has 1 unspecified atom stereocenters. The smallest absolute Gasteiger partial charge is 0.219 e. The zero-order valence-electron chi connectivity index (χ0n) is 11.8. The molecule has 1 atom stereocenters. The lowest BCUT2D eigenvalue weighted by molar-refractivity contribution is -0.142. The summed E-state index contributed by atoms with van der Waals surface area (Å²) in [4.78, 5) is 24.7. The zero-order chi connectivity index (χ0) is 13.3. The van der Waals surface area contributed by atoms with Gasteiger partial charge in [0, 0.05) is 25.4 Å². The number of ketones is 1. The minimum absolute atomic E-state index is 0.0221. The topological polar surface area (TPSA) is 37.4 Å². The number of amides is 1. The van der Waals surface area contributed by atoms with Gasteiger partial charge in [-0.1, -0.05) is 20.8 Å². The van der Waals surface area contributed by atoms with Crippen LogP contribution in [0, 0.1) is 11.3 Å². The van der Waals surface area contributed by atoms with Gasteiger partial charge in [0.05, 0.1) is 0 Å². The molecule has 0 rings (SSSR count). The van der Waals surface area contributed by atoms with Crippen molar-refractivity contribution in [3.05, 3.63) is 0 Å². The van der Waals surface area contributed by atoms with E-state index in [0.717, 1.165) is 0 Å². The molecule has 0 aromatic carbocycles. The second kappa shape index (κ2) is 4.56. The van der Waals surface area contributed by atoms with Crippen LogP contribution in [0.25, 0.3) is 0 Å². The number of nitrogens with zero attached hydrogens (tertiary/aromatic N) is 1. The summed E-state index contributed by atoms with van der Waals surface area (Å²) in [7, 11) is 1.79. The van der Waals surface area contributed by atoms with Crippen molar-refractivity contribution in [2.75, 3.05) is 7.05 Å². The Labute approximate surface area is 99.2 Å². The molecule has 0 bridgehead atoms. The highest BCUT2D eigenvalue weighted by atomic mass is 16.2. The fourth-order valence-electron chi connectivity index (χ4n) is 1.86. The predicted molar refractivity (Wildman–Crippen MR) is 66.1 cm³/mol. The summed E-state index contributed by atoms with van der Waals surface area (Å²) in [5, 5.41) is 0. The van der Waals surface area contributed by atoms with Crippen molar-refractivity contribution in [3.8, 4) is 0 Å². The molecule has 0 radical (unpaired) electrons. The normalized spacial score (nSPS) is 14.5. The Balaban J connectivity index is 5.27. The van der Waals surface area contributed by atoms with E-state index in [-0.39, 0.29) is 28.6 Å². The van der Waals surface area contributed by atoms with Crippen LogP contribution in [0.5, 0.6) is 0 Å². The number of Topliss-reactive ketones (excluding diaryl/α,β-unsaturated/α-hetero) is 1. The minimum atomic E-state index is -0.357. The molecule has 94 valence electrons. The van der Waals surface area contributed by atoms with E-state index >= 15 is 0 Å². The summed E-state index contributed by atoms with van der Waals surface area (Å²) in [6.45, 7) is 13.2. The van der Waals surface area contributed by atoms with E-state index in [1.54, 1.807) is 25.8 Å². The molecule has 0 aliphatic heterocycles. The molecule has 16 heavy (non-hydrogen) atoms. The average molecular weight is 227 g/mol. The van der Waals surface area contributed by atoms with Crippen molar-refractivity contribution in [1.82, 2.24) is 4.90 Å². The first-order valence-electron chi connectivity index (χ1n) is 5.71. The Kier molecular flexibility index (Phi) is 4.31. The SMILES string of the molecule is CC(=O)C(C)C(C)(C)C(C)(C)N(C)C(C)=O. The molecule has 0 fully saturated rings. The molecule has 1 amide bonds. The third-order valence-electron chi connectivity index (χ3n) is 4.58. The maximum absolute atomic E-state index is 11.5. The van der Waals surface area contributed by atoms with Crippen LogP contribution in [0.1, 0.15) is 48.5 Å². The Morgan fingerprint density at radius 3 is 1.69 bits per heavy atom. The number of hydrogen-bond acceptors (Lipinski definition) is 2. The maximum atomic E-state index is 11.5. The number of carbonyl (C=O) groups is 2. The fourth-order valence-corrected chi connectivity index (χ4v) is 1.86. The van der Waals surface area contributed by atoms with E-state index in [0.29, 0.717) is 0 Å². The second-order valence-electron chi connectivity index (χ2n) is 5.69. The molecule has 0 saturated heterocycles. The second-order valence-corrected chi connectivity index (χ2v) is 5.69. The third-order valence-corrected chi connectivity index (χ3v) is 4.58. The molecule has 0 aliphatic rings. The Hall–Kier alpha value is -0.860. The molecule has 0 aromatic rings. The number of carbonyl (C=O) groups excluding carboxylic acids is 2. The van der Waals surface area contributed by atoms with Crippen molar-refractivity contribution in [2.24, 2.45) is 11.3 Å². The number of hydrogen-bond donors (Lipinski definition) is 0. The average Bonchev–Trinajstić information content (AvgIpc) is 2.14. The lowest BCUT2D eigenvalue weighted by atomic mass is 9.64. The monoisotopic (exact) mass is 227 g/mol. The van der Waals surface area contributed by atoms with Crippen molar-refractivity contribution in [2.45, 2.75) is 54.0 Å². The number of rotatable bonds is 4. The van der Waals surface area contributed by atoms with Crippen molar-refractivity contribution < 1.29 is 9.59 Å². The van der Waals surface area contributed by atoms with Gasteiger partial charge in [0.25, 0.3) is 0 Å². The third kappa shape index (κ3) is 2.45. The molecule has 3 nitrogen and oxygen atoms in total. The molecule has 0 aromatic heterocycles. The highest BCUT2D eigenvalue weighted by Crippen LogP contribution is 2.41. The summed E-state index contributed by atoms with van der Waals surface area (Å²) in [6, 6.07) is 0. The molecule has 0 heterocycles. The summed E-state index contributed by atoms with van der Waals surface area (Å²) < 4.78 is 0. The van der Waals surface area contributed by atoms with Crippen molar-refractivity contribution in [3.63, 3.8) is 0 Å². The van der Waals surface area contributed by atoms with Gasteiger partial charge in [-0.05, 0) is 26.2 Å². The zero-order valence-corrected chi connectivity index (χ0v) is 11.8. The van der Waals surface area contributed by atoms with Crippen LogP contribution < -0.4 is 0 Å². The lowest BCUT2D eigenvalue weighted by Gasteiger charge is -2.50. The van der Waals surface area contributed by atoms with Gasteiger partial charge in [-0.2, -0.15) is 0 Å². The molecule has 0 saturated carbocycles. The standard InChI is InChI=1S/C13H25NO2/c1-9(10(2)15)12(4,5)13(6,7)14(8)11(3)16/h9H,1-8H3. The van der Waals surface area contributed by atoms with Crippen LogP contribution in [0.2, 0.25) is 0 Å². The van der Waals surface area contributed by atoms with Crippen LogP contribution in [-0.2, 0) is 9.59 Å². The molecule has 3 heteroatoms. The van der Waals surface area contributed by atoms with E-state index in [2.05, 4.69) is 0 Å². The van der Waals surface area contributed by atoms with Gasteiger partial charge in [-0.25, -0.2) is 0 Å². The quantitative estimate of drug-likeness (QED) is 0.740. The van der Waals surface area contributed by atoms with Gasteiger partial charge in [-0.15, -0.1) is 0 Å². The van der Waals surface area contributed by atoms with Gasteiger partial charge >= 0.3 is 0 Å². The van der Waals surface area contributed by atoms with E-state index in [4.69, 9.17) is 0 Å². The largest absolute Gasteiger partial charge is 0.340 e. The lowest BCUT2D eigenvalue weighted by Crippen LogP contribution is -2.57. The molecule has 0 spiro atoms. The highest BCUT2D eigenvalue weighted by molar-refractivity contribution is 5.79. The summed E-state index contributed by atoms with van der Waals surface area (Å²) in [5.41, 5.74) is -0.622. The molecule has 0 N–H and O–H groups in total. The van der Waals surface area contributed by atoms with Gasteiger partial charge in [0.1, 0.15) is 5.78 Å². The van der Waals surface area contributed by atoms with Gasteiger partial charge in [-0.3, -0.25) is 9.59 Å². The van der Waals surface area contributed by atoms with E-state index in [9.17, 15) is 9.59 Å². The van der Waals surface area contributed by atoms with Crippen LogP contribution in [0.3, 0.4) is 0 Å². The molecular weight excluding hydrogens is 202 g/mol. The first-order valence-corrected chi connectivity index (χ1v) is 5.71. The maximum Gasteiger partial charge on any atom is 0.219 e.